The molecule has 258 valence electrons. The lowest BCUT2D eigenvalue weighted by Crippen LogP contribution is -2.28. The van der Waals surface area contributed by atoms with Crippen molar-refractivity contribution in [3.63, 3.8) is 0 Å². The zero-order valence-electron chi connectivity index (χ0n) is 27.6. The van der Waals surface area contributed by atoms with Crippen molar-refractivity contribution in [3.05, 3.63) is 92.0 Å². The van der Waals surface area contributed by atoms with Crippen molar-refractivity contribution in [2.24, 2.45) is 0 Å². The highest BCUT2D eigenvalue weighted by molar-refractivity contribution is 6.32. The van der Waals surface area contributed by atoms with Crippen LogP contribution < -0.4 is 24.3 Å². The van der Waals surface area contributed by atoms with Gasteiger partial charge in [0.1, 0.15) is 22.3 Å². The number of carbonyl (C=O) groups is 1. The SMILES string of the molecule is CCc1cc(Cl)c(O[C@H]2CCc3c(-c4cccc5c4CC[C@@H]5Oc4nc(OC)c(CNC[C@@H](O)CC(=O)O)cc4Cl)cccc32)nc1OC. The van der Waals surface area contributed by atoms with Crippen LogP contribution in [-0.2, 0) is 30.6 Å². The number of aliphatic hydroxyl groups excluding tert-OH is 1. The van der Waals surface area contributed by atoms with Crippen LogP contribution in [0.4, 0.5) is 0 Å². The van der Waals surface area contributed by atoms with Crippen LogP contribution in [0, 0.1) is 0 Å². The summed E-state index contributed by atoms with van der Waals surface area (Å²) in [4.78, 5) is 20.0. The van der Waals surface area contributed by atoms with E-state index in [2.05, 4.69) is 51.7 Å². The van der Waals surface area contributed by atoms with E-state index in [0.29, 0.717) is 33.2 Å². The monoisotopic (exact) mass is 707 g/mol. The van der Waals surface area contributed by atoms with Gasteiger partial charge in [-0.05, 0) is 77.6 Å². The van der Waals surface area contributed by atoms with Gasteiger partial charge in [-0.25, -0.2) is 0 Å². The topological polar surface area (TPSA) is 132 Å². The summed E-state index contributed by atoms with van der Waals surface area (Å²) in [6.45, 7) is 2.40. The van der Waals surface area contributed by atoms with Crippen LogP contribution in [0.1, 0.15) is 71.8 Å². The Hall–Kier alpha value is -4.09. The second-order valence-corrected chi connectivity index (χ2v) is 13.0. The first-order valence-electron chi connectivity index (χ1n) is 16.3. The summed E-state index contributed by atoms with van der Waals surface area (Å²) in [6.07, 6.45) is 2.23. The van der Waals surface area contributed by atoms with Crippen molar-refractivity contribution in [3.8, 4) is 34.6 Å². The molecule has 0 unspecified atom stereocenters. The molecule has 2 aromatic heterocycles. The number of aromatic nitrogens is 2. The highest BCUT2D eigenvalue weighted by Crippen LogP contribution is 2.46. The number of hydrogen-bond donors (Lipinski definition) is 3. The Kier molecular flexibility index (Phi) is 10.8. The molecule has 4 aromatic rings. The summed E-state index contributed by atoms with van der Waals surface area (Å²) in [5, 5.41) is 22.5. The van der Waals surface area contributed by atoms with Crippen molar-refractivity contribution in [1.29, 1.82) is 0 Å². The number of carboxylic acid groups (broad SMARTS) is 1. The Bertz CT molecular complexity index is 1850. The lowest BCUT2D eigenvalue weighted by atomic mass is 9.91. The van der Waals surface area contributed by atoms with Gasteiger partial charge in [0.2, 0.25) is 23.5 Å². The molecule has 0 spiro atoms. The normalized spacial score (nSPS) is 16.9. The summed E-state index contributed by atoms with van der Waals surface area (Å²) >= 11 is 13.2. The van der Waals surface area contributed by atoms with Gasteiger partial charge >= 0.3 is 5.97 Å². The van der Waals surface area contributed by atoms with Gasteiger partial charge in [0.25, 0.3) is 0 Å². The molecule has 2 aromatic carbocycles. The van der Waals surface area contributed by atoms with Gasteiger partial charge in [-0.1, -0.05) is 66.5 Å². The minimum atomic E-state index is -1.07. The molecule has 6 rings (SSSR count). The fourth-order valence-corrected chi connectivity index (χ4v) is 7.22. The third kappa shape index (κ3) is 7.43. The molecule has 2 aliphatic carbocycles. The maximum atomic E-state index is 10.8. The minimum absolute atomic E-state index is 0.0957. The average Bonchev–Trinajstić information content (AvgIpc) is 3.70. The number of halogens is 2. The van der Waals surface area contributed by atoms with Crippen LogP contribution in [0.2, 0.25) is 10.0 Å². The van der Waals surface area contributed by atoms with E-state index in [9.17, 15) is 9.90 Å². The van der Waals surface area contributed by atoms with Crippen molar-refractivity contribution < 1.29 is 34.0 Å². The smallest absolute Gasteiger partial charge is 0.306 e. The summed E-state index contributed by atoms with van der Waals surface area (Å²) in [7, 11) is 3.11. The molecule has 49 heavy (non-hydrogen) atoms. The molecule has 3 atom stereocenters. The Labute approximate surface area is 295 Å². The molecule has 0 saturated heterocycles. The van der Waals surface area contributed by atoms with Gasteiger partial charge in [-0.3, -0.25) is 4.79 Å². The lowest BCUT2D eigenvalue weighted by Gasteiger charge is -2.19. The van der Waals surface area contributed by atoms with E-state index in [1.165, 1.54) is 29.4 Å². The number of methoxy groups -OCH3 is 2. The Morgan fingerprint density at radius 1 is 0.857 bits per heavy atom. The lowest BCUT2D eigenvalue weighted by molar-refractivity contribution is -0.139. The number of benzene rings is 2. The largest absolute Gasteiger partial charge is 0.481 e. The fourth-order valence-electron chi connectivity index (χ4n) is 6.79. The van der Waals surface area contributed by atoms with Gasteiger partial charge in [0.05, 0.1) is 26.7 Å². The Morgan fingerprint density at radius 2 is 1.37 bits per heavy atom. The van der Waals surface area contributed by atoms with E-state index in [1.807, 2.05) is 13.0 Å². The van der Waals surface area contributed by atoms with Crippen molar-refractivity contribution in [2.45, 2.75) is 70.3 Å². The molecular formula is C37H39Cl2N3O7. The van der Waals surface area contributed by atoms with E-state index in [-0.39, 0.29) is 37.6 Å². The van der Waals surface area contributed by atoms with Gasteiger partial charge < -0.3 is 34.5 Å². The number of aryl methyl sites for hydroxylation is 1. The van der Waals surface area contributed by atoms with Crippen molar-refractivity contribution in [1.82, 2.24) is 15.3 Å². The number of nitrogens with one attached hydrogen (secondary N) is 1. The molecule has 0 bridgehead atoms. The van der Waals surface area contributed by atoms with E-state index < -0.39 is 12.1 Å². The fraction of sp³-hybridized carbons (Fsp3) is 0.378. The molecule has 12 heteroatoms. The van der Waals surface area contributed by atoms with Crippen LogP contribution in [0.5, 0.6) is 23.5 Å². The maximum Gasteiger partial charge on any atom is 0.306 e. The van der Waals surface area contributed by atoms with E-state index in [4.69, 9.17) is 47.3 Å². The van der Waals surface area contributed by atoms with E-state index in [1.54, 1.807) is 13.2 Å². The summed E-state index contributed by atoms with van der Waals surface area (Å²) in [6, 6.07) is 16.3. The molecule has 0 fully saturated rings. The molecule has 2 aliphatic rings. The van der Waals surface area contributed by atoms with Crippen LogP contribution in [0.15, 0.2) is 48.5 Å². The zero-order valence-corrected chi connectivity index (χ0v) is 29.1. The number of hydrogen-bond acceptors (Lipinski definition) is 9. The van der Waals surface area contributed by atoms with Crippen molar-refractivity contribution >= 4 is 29.2 Å². The second kappa shape index (κ2) is 15.2. The molecule has 3 N–H and O–H groups in total. The van der Waals surface area contributed by atoms with E-state index in [0.717, 1.165) is 48.8 Å². The van der Waals surface area contributed by atoms with Crippen LogP contribution in [0.3, 0.4) is 0 Å². The molecule has 0 aliphatic heterocycles. The Balaban J connectivity index is 1.20. The van der Waals surface area contributed by atoms with Crippen molar-refractivity contribution in [2.75, 3.05) is 20.8 Å². The summed E-state index contributed by atoms with van der Waals surface area (Å²) in [5.74, 6) is 0.442. The second-order valence-electron chi connectivity index (χ2n) is 12.2. The number of nitrogens with zero attached hydrogens (tertiary/aromatic N) is 2. The van der Waals surface area contributed by atoms with Crippen LogP contribution >= 0.6 is 23.2 Å². The standard InChI is InChI=1S/C37H39Cl2N3O7/c1-4-20-15-29(38)36(41-34(20)46-2)48-31-13-11-25-23(7-5-9-27(25)31)24-8-6-10-28-26(24)12-14-32(28)49-37-30(39)16-21(35(42-37)47-3)18-40-19-22(43)17-33(44)45/h5-10,15-16,22,31-32,40,43H,4,11-14,17-19H2,1-3H3,(H,44,45)/t22-,31-,32-/m0/s1. The number of ether oxygens (including phenoxy) is 4. The Morgan fingerprint density at radius 3 is 1.86 bits per heavy atom. The number of aliphatic hydroxyl groups is 1. The van der Waals surface area contributed by atoms with Gasteiger partial charge in [-0.2, -0.15) is 9.97 Å². The minimum Gasteiger partial charge on any atom is -0.481 e. The van der Waals surface area contributed by atoms with Crippen LogP contribution in [-0.4, -0.2) is 53.0 Å². The first-order valence-corrected chi connectivity index (χ1v) is 17.1. The number of fused-ring (bicyclic) bond motifs is 2. The van der Waals surface area contributed by atoms with Gasteiger partial charge in [0, 0.05) is 24.2 Å². The average molecular weight is 709 g/mol. The van der Waals surface area contributed by atoms with E-state index >= 15 is 0 Å². The third-order valence-electron chi connectivity index (χ3n) is 9.07. The molecule has 0 radical (unpaired) electrons. The number of aliphatic carboxylic acids is 1. The number of pyridine rings is 2. The first-order chi connectivity index (χ1) is 23.7. The quantitative estimate of drug-likeness (QED) is 0.125. The highest BCUT2D eigenvalue weighted by Gasteiger charge is 2.32. The zero-order chi connectivity index (χ0) is 34.7. The predicted molar refractivity (Wildman–Crippen MR) is 186 cm³/mol. The molecule has 10 nitrogen and oxygen atoms in total. The third-order valence-corrected chi connectivity index (χ3v) is 9.61. The molecular weight excluding hydrogens is 669 g/mol. The highest BCUT2D eigenvalue weighted by atomic mass is 35.5. The summed E-state index contributed by atoms with van der Waals surface area (Å²) in [5.41, 5.74) is 8.67. The first kappa shape index (κ1) is 34.8. The maximum absolute atomic E-state index is 10.8. The predicted octanol–water partition coefficient (Wildman–Crippen LogP) is 7.09. The number of carboxylic acids is 1. The number of rotatable bonds is 14. The van der Waals surface area contributed by atoms with Gasteiger partial charge in [-0.15, -0.1) is 0 Å². The van der Waals surface area contributed by atoms with Gasteiger partial charge in [0.15, 0.2) is 0 Å². The molecule has 0 saturated carbocycles. The van der Waals surface area contributed by atoms with Crippen LogP contribution in [0.25, 0.3) is 11.1 Å². The molecule has 2 heterocycles. The summed E-state index contributed by atoms with van der Waals surface area (Å²) < 4.78 is 23.8. The molecule has 0 amide bonds.